The van der Waals surface area contributed by atoms with Crippen LogP contribution in [0.3, 0.4) is 0 Å². The van der Waals surface area contributed by atoms with Crippen molar-refractivity contribution in [2.45, 2.75) is 6.54 Å². The lowest BCUT2D eigenvalue weighted by atomic mass is 10.2. The van der Waals surface area contributed by atoms with Gasteiger partial charge in [0.25, 0.3) is 0 Å². The summed E-state index contributed by atoms with van der Waals surface area (Å²) in [6, 6.07) is 4.77. The van der Waals surface area contributed by atoms with Gasteiger partial charge in [0.05, 0.1) is 19.8 Å². The molecule has 0 amide bonds. The van der Waals surface area contributed by atoms with E-state index in [1.165, 1.54) is 12.1 Å². The van der Waals surface area contributed by atoms with Crippen LogP contribution in [-0.2, 0) is 16.0 Å². The molecule has 0 aliphatic carbocycles. The summed E-state index contributed by atoms with van der Waals surface area (Å²) in [7, 11) is 1.64. The zero-order valence-corrected chi connectivity index (χ0v) is 9.98. The minimum Gasteiger partial charge on any atom is -0.504 e. The smallest absolute Gasteiger partial charge is 0.157 e. The molecule has 1 rings (SSSR count). The topological polar surface area (TPSA) is 71.0 Å². The molecule has 3 N–H and O–H groups in total. The third-order valence-corrected chi connectivity index (χ3v) is 2.22. The van der Waals surface area contributed by atoms with Gasteiger partial charge in [-0.1, -0.05) is 6.07 Å². The van der Waals surface area contributed by atoms with Crippen LogP contribution in [0.1, 0.15) is 5.56 Å². The molecule has 1 aromatic rings. The minimum absolute atomic E-state index is 0.0966. The van der Waals surface area contributed by atoms with E-state index in [2.05, 4.69) is 5.32 Å². The predicted molar refractivity (Wildman–Crippen MR) is 64.2 cm³/mol. The molecule has 5 nitrogen and oxygen atoms in total. The molecule has 0 fully saturated rings. The lowest BCUT2D eigenvalue weighted by molar-refractivity contribution is 0.0719. The number of phenolic OH excluding ortho intramolecular Hbond substituents is 2. The normalized spacial score (nSPS) is 10.6. The summed E-state index contributed by atoms with van der Waals surface area (Å²) in [5, 5.41) is 21.6. The maximum Gasteiger partial charge on any atom is 0.157 e. The fraction of sp³-hybridized carbons (Fsp3) is 0.500. The van der Waals surface area contributed by atoms with E-state index in [9.17, 15) is 5.11 Å². The Hall–Kier alpha value is -1.30. The fourth-order valence-electron chi connectivity index (χ4n) is 1.30. The molecular formula is C12H19NO4. The van der Waals surface area contributed by atoms with Crippen molar-refractivity contribution in [3.8, 4) is 11.5 Å². The SMILES string of the molecule is COCCOCCNCc1ccc(O)c(O)c1. The molecule has 0 unspecified atom stereocenters. The highest BCUT2D eigenvalue weighted by atomic mass is 16.5. The molecule has 0 atom stereocenters. The Morgan fingerprint density at radius 3 is 2.65 bits per heavy atom. The van der Waals surface area contributed by atoms with Gasteiger partial charge in [0.1, 0.15) is 0 Å². The number of phenols is 2. The van der Waals surface area contributed by atoms with Crippen molar-refractivity contribution >= 4 is 0 Å². The number of methoxy groups -OCH3 is 1. The number of nitrogens with one attached hydrogen (secondary N) is 1. The van der Waals surface area contributed by atoms with Gasteiger partial charge in [0.2, 0.25) is 0 Å². The van der Waals surface area contributed by atoms with Gasteiger partial charge in [0.15, 0.2) is 11.5 Å². The fourth-order valence-corrected chi connectivity index (χ4v) is 1.30. The standard InChI is InChI=1S/C12H19NO4/c1-16-6-7-17-5-4-13-9-10-2-3-11(14)12(15)8-10/h2-3,8,13-15H,4-7,9H2,1H3. The first kappa shape index (κ1) is 13.8. The van der Waals surface area contributed by atoms with Crippen LogP contribution in [0.25, 0.3) is 0 Å². The Kier molecular flexibility index (Phi) is 6.39. The van der Waals surface area contributed by atoms with Gasteiger partial charge in [-0.2, -0.15) is 0 Å². The zero-order valence-electron chi connectivity index (χ0n) is 9.98. The Morgan fingerprint density at radius 2 is 1.94 bits per heavy atom. The molecule has 0 aromatic heterocycles. The van der Waals surface area contributed by atoms with E-state index in [0.29, 0.717) is 26.4 Å². The van der Waals surface area contributed by atoms with E-state index in [0.717, 1.165) is 12.1 Å². The zero-order chi connectivity index (χ0) is 12.5. The largest absolute Gasteiger partial charge is 0.504 e. The Balaban J connectivity index is 2.11. The lowest BCUT2D eigenvalue weighted by Crippen LogP contribution is -2.20. The number of ether oxygens (including phenoxy) is 2. The minimum atomic E-state index is -0.100. The van der Waals surface area contributed by atoms with Gasteiger partial charge >= 0.3 is 0 Å². The molecule has 17 heavy (non-hydrogen) atoms. The molecule has 0 saturated carbocycles. The molecule has 0 saturated heterocycles. The monoisotopic (exact) mass is 241 g/mol. The van der Waals surface area contributed by atoms with Gasteiger partial charge in [-0.05, 0) is 17.7 Å². The van der Waals surface area contributed by atoms with Crippen molar-refractivity contribution in [3.05, 3.63) is 23.8 Å². The molecule has 0 radical (unpaired) electrons. The van der Waals surface area contributed by atoms with E-state index < -0.39 is 0 Å². The van der Waals surface area contributed by atoms with Crippen molar-refractivity contribution in [2.75, 3.05) is 33.5 Å². The van der Waals surface area contributed by atoms with Crippen LogP contribution in [0.5, 0.6) is 11.5 Å². The van der Waals surface area contributed by atoms with Crippen LogP contribution in [0, 0.1) is 0 Å². The number of benzene rings is 1. The van der Waals surface area contributed by atoms with Crippen LogP contribution in [-0.4, -0.2) is 43.7 Å². The second kappa shape index (κ2) is 7.89. The van der Waals surface area contributed by atoms with E-state index in [4.69, 9.17) is 14.6 Å². The molecule has 0 spiro atoms. The van der Waals surface area contributed by atoms with Gasteiger partial charge < -0.3 is 25.0 Å². The number of hydrogen-bond donors (Lipinski definition) is 3. The summed E-state index contributed by atoms with van der Waals surface area (Å²) in [5.74, 6) is -0.197. The summed E-state index contributed by atoms with van der Waals surface area (Å²) >= 11 is 0. The van der Waals surface area contributed by atoms with E-state index in [1.807, 2.05) is 0 Å². The molecule has 0 heterocycles. The van der Waals surface area contributed by atoms with E-state index in [1.54, 1.807) is 13.2 Å². The number of rotatable bonds is 8. The average Bonchev–Trinajstić information content (AvgIpc) is 2.32. The van der Waals surface area contributed by atoms with Crippen molar-refractivity contribution in [1.29, 1.82) is 0 Å². The van der Waals surface area contributed by atoms with Gasteiger partial charge in [-0.15, -0.1) is 0 Å². The Labute approximate surface area is 101 Å². The highest BCUT2D eigenvalue weighted by Crippen LogP contribution is 2.24. The number of hydrogen-bond acceptors (Lipinski definition) is 5. The molecule has 1 aromatic carbocycles. The summed E-state index contributed by atoms with van der Waals surface area (Å²) in [5.41, 5.74) is 0.914. The first-order valence-electron chi connectivity index (χ1n) is 5.52. The van der Waals surface area contributed by atoms with Crippen LogP contribution in [0.4, 0.5) is 0 Å². The second-order valence-corrected chi connectivity index (χ2v) is 3.61. The second-order valence-electron chi connectivity index (χ2n) is 3.61. The molecule has 0 bridgehead atoms. The first-order chi connectivity index (χ1) is 8.24. The molecular weight excluding hydrogens is 222 g/mol. The predicted octanol–water partition coefficient (Wildman–Crippen LogP) is 0.850. The summed E-state index contributed by atoms with van der Waals surface area (Å²) in [4.78, 5) is 0. The van der Waals surface area contributed by atoms with Crippen molar-refractivity contribution in [2.24, 2.45) is 0 Å². The highest BCUT2D eigenvalue weighted by Gasteiger charge is 1.99. The van der Waals surface area contributed by atoms with Gasteiger partial charge in [0, 0.05) is 20.2 Å². The van der Waals surface area contributed by atoms with Crippen LogP contribution in [0.2, 0.25) is 0 Å². The summed E-state index contributed by atoms with van der Waals surface area (Å²) in [6.07, 6.45) is 0. The van der Waals surface area contributed by atoms with Crippen LogP contribution in [0.15, 0.2) is 18.2 Å². The van der Waals surface area contributed by atoms with Gasteiger partial charge in [-0.3, -0.25) is 0 Å². The summed E-state index contributed by atoms with van der Waals surface area (Å²) in [6.45, 7) is 3.17. The van der Waals surface area contributed by atoms with Gasteiger partial charge in [-0.25, -0.2) is 0 Å². The van der Waals surface area contributed by atoms with E-state index >= 15 is 0 Å². The Morgan fingerprint density at radius 1 is 1.12 bits per heavy atom. The highest BCUT2D eigenvalue weighted by molar-refractivity contribution is 5.40. The van der Waals surface area contributed by atoms with Crippen molar-refractivity contribution < 1.29 is 19.7 Å². The maximum absolute atomic E-state index is 9.28. The number of aromatic hydroxyl groups is 2. The molecule has 0 aliphatic rings. The average molecular weight is 241 g/mol. The lowest BCUT2D eigenvalue weighted by Gasteiger charge is -2.07. The third kappa shape index (κ3) is 5.53. The maximum atomic E-state index is 9.28. The Bertz CT molecular complexity index is 330. The first-order valence-corrected chi connectivity index (χ1v) is 5.52. The van der Waals surface area contributed by atoms with Crippen LogP contribution >= 0.6 is 0 Å². The molecule has 5 heteroatoms. The molecule has 0 aliphatic heterocycles. The molecule has 96 valence electrons. The third-order valence-electron chi connectivity index (χ3n) is 2.22. The van der Waals surface area contributed by atoms with Crippen LogP contribution < -0.4 is 5.32 Å². The van der Waals surface area contributed by atoms with E-state index in [-0.39, 0.29) is 11.5 Å². The summed E-state index contributed by atoms with van der Waals surface area (Å²) < 4.78 is 10.1. The quantitative estimate of drug-likeness (QED) is 0.465. The van der Waals surface area contributed by atoms with Crippen molar-refractivity contribution in [3.63, 3.8) is 0 Å². The van der Waals surface area contributed by atoms with Crippen molar-refractivity contribution in [1.82, 2.24) is 5.32 Å².